The zero-order valence-corrected chi connectivity index (χ0v) is 17.5. The topological polar surface area (TPSA) is 113 Å². The maximum absolute atomic E-state index is 12.9. The molecule has 15 heteroatoms. The highest BCUT2D eigenvalue weighted by molar-refractivity contribution is 7.86. The molecular formula is C19H11F6N3O5S. The van der Waals surface area contributed by atoms with E-state index in [4.69, 9.17) is 13.0 Å². The van der Waals surface area contributed by atoms with Gasteiger partial charge in [0.15, 0.2) is 15.8 Å². The Morgan fingerprint density at radius 1 is 0.882 bits per heavy atom. The summed E-state index contributed by atoms with van der Waals surface area (Å²) in [7, 11) is -4.58. The zero-order valence-electron chi connectivity index (χ0n) is 16.7. The van der Waals surface area contributed by atoms with Gasteiger partial charge in [-0.25, -0.2) is 8.42 Å². The number of halogens is 6. The minimum Gasteiger partial charge on any atom is -0.741 e. The van der Waals surface area contributed by atoms with Crippen LogP contribution in [0.2, 0.25) is 0 Å². The predicted octanol–water partition coefficient (Wildman–Crippen LogP) is 2.54. The molecule has 0 amide bonds. The largest absolute Gasteiger partial charge is 0.741 e. The summed E-state index contributed by atoms with van der Waals surface area (Å²) in [4.78, 5) is 25.6. The fourth-order valence-electron chi connectivity index (χ4n) is 3.04. The molecule has 0 aliphatic heterocycles. The van der Waals surface area contributed by atoms with Crippen molar-refractivity contribution in [1.82, 2.24) is 9.90 Å². The van der Waals surface area contributed by atoms with Crippen molar-refractivity contribution in [3.8, 4) is 5.69 Å². The standard InChI is InChI=1S/C18H11F3N3O2.CHF3O3S/c1-23-14-15(17(26)13-5-3-2-4-12(13)16(14)25)24(22-23)11-8-6-10(7-9-11)18(19,20)21;2-1(3,4)8(5,6)7/h2-9H,1H3;(H,5,6,7)/q+1;/p-1. The molecule has 0 spiro atoms. The predicted molar refractivity (Wildman–Crippen MR) is 98.8 cm³/mol. The smallest absolute Gasteiger partial charge is 0.485 e. The van der Waals surface area contributed by atoms with Crippen molar-refractivity contribution in [3.63, 3.8) is 0 Å². The Bertz CT molecular complexity index is 1390. The van der Waals surface area contributed by atoms with Crippen molar-refractivity contribution in [3.05, 3.63) is 76.6 Å². The number of hydrogen-bond acceptors (Lipinski definition) is 6. The van der Waals surface area contributed by atoms with Crippen LogP contribution in [0, 0.1) is 0 Å². The summed E-state index contributed by atoms with van der Waals surface area (Å²) in [6.45, 7) is 0. The third-order valence-corrected chi connectivity index (χ3v) is 5.12. The first-order valence-electron chi connectivity index (χ1n) is 8.91. The highest BCUT2D eigenvalue weighted by Crippen LogP contribution is 2.31. The van der Waals surface area contributed by atoms with Crippen molar-refractivity contribution in [1.29, 1.82) is 0 Å². The van der Waals surface area contributed by atoms with Gasteiger partial charge in [0.2, 0.25) is 17.3 Å². The van der Waals surface area contributed by atoms with Gasteiger partial charge in [0.25, 0.3) is 5.69 Å². The van der Waals surface area contributed by atoms with E-state index < -0.39 is 33.1 Å². The first-order chi connectivity index (χ1) is 15.5. The molecule has 0 unspecified atom stereocenters. The molecule has 1 aromatic heterocycles. The molecule has 180 valence electrons. The van der Waals surface area contributed by atoms with Crippen molar-refractivity contribution in [2.24, 2.45) is 7.05 Å². The first-order valence-corrected chi connectivity index (χ1v) is 10.3. The normalized spacial score (nSPS) is 13.6. The van der Waals surface area contributed by atoms with Crippen LogP contribution in [0.4, 0.5) is 26.3 Å². The molecule has 2 aromatic carbocycles. The highest BCUT2D eigenvalue weighted by atomic mass is 32.2. The number of fused-ring (bicyclic) bond motifs is 2. The lowest BCUT2D eigenvalue weighted by Gasteiger charge is -2.11. The molecule has 0 fully saturated rings. The number of rotatable bonds is 1. The van der Waals surface area contributed by atoms with Crippen LogP contribution in [0.5, 0.6) is 0 Å². The van der Waals surface area contributed by atoms with Gasteiger partial charge in [-0.3, -0.25) is 9.59 Å². The number of carbonyl (C=O) groups excluding carboxylic acids is 2. The van der Waals surface area contributed by atoms with E-state index in [1.807, 2.05) is 0 Å². The van der Waals surface area contributed by atoms with Crippen LogP contribution in [-0.4, -0.2) is 39.9 Å². The number of benzene rings is 2. The molecule has 4 rings (SSSR count). The lowest BCUT2D eigenvalue weighted by Crippen LogP contribution is -2.39. The third kappa shape index (κ3) is 4.56. The van der Waals surface area contributed by atoms with Crippen LogP contribution < -0.4 is 4.68 Å². The summed E-state index contributed by atoms with van der Waals surface area (Å²) in [6, 6.07) is 10.7. The van der Waals surface area contributed by atoms with Crippen LogP contribution in [0.3, 0.4) is 0 Å². The molecule has 0 saturated carbocycles. The van der Waals surface area contributed by atoms with Crippen LogP contribution in [-0.2, 0) is 23.3 Å². The molecular weight excluding hydrogens is 496 g/mol. The molecule has 0 N–H and O–H groups in total. The molecule has 0 bridgehead atoms. The Labute approximate surface area is 186 Å². The van der Waals surface area contributed by atoms with Gasteiger partial charge in [-0.1, -0.05) is 28.9 Å². The van der Waals surface area contributed by atoms with Gasteiger partial charge < -0.3 is 4.55 Å². The monoisotopic (exact) mass is 507 g/mol. The molecule has 1 heterocycles. The lowest BCUT2D eigenvalue weighted by atomic mass is 9.90. The lowest BCUT2D eigenvalue weighted by molar-refractivity contribution is -0.733. The quantitative estimate of drug-likeness (QED) is 0.169. The SMILES string of the molecule is C[n+]1nn(-c2ccc(C(F)(F)F)cc2)c2c1C(=O)c1ccccc1C2=O.O=S(=O)([O-])C(F)(F)F. The van der Waals surface area contributed by atoms with Gasteiger partial charge in [-0.05, 0) is 24.3 Å². The second-order valence-electron chi connectivity index (χ2n) is 6.77. The molecule has 34 heavy (non-hydrogen) atoms. The van der Waals surface area contributed by atoms with Gasteiger partial charge in [0.1, 0.15) is 7.05 Å². The van der Waals surface area contributed by atoms with Gasteiger partial charge in [0.05, 0.1) is 10.8 Å². The number of carbonyl (C=O) groups is 2. The Morgan fingerprint density at radius 3 is 1.79 bits per heavy atom. The van der Waals surface area contributed by atoms with Crippen molar-refractivity contribution in [2.75, 3.05) is 0 Å². The van der Waals surface area contributed by atoms with Crippen LogP contribution in [0.15, 0.2) is 48.5 Å². The summed E-state index contributed by atoms with van der Waals surface area (Å²) < 4.78 is 99.6. The maximum atomic E-state index is 12.9. The maximum Gasteiger partial charge on any atom is 0.485 e. The van der Waals surface area contributed by atoms with Crippen molar-refractivity contribution >= 4 is 21.7 Å². The third-order valence-electron chi connectivity index (χ3n) is 4.55. The van der Waals surface area contributed by atoms with Gasteiger partial charge >= 0.3 is 11.7 Å². The fourth-order valence-corrected chi connectivity index (χ4v) is 3.04. The molecule has 0 atom stereocenters. The van der Waals surface area contributed by atoms with Gasteiger partial charge in [0, 0.05) is 11.1 Å². The van der Waals surface area contributed by atoms with Crippen molar-refractivity contribution < 1.29 is 53.6 Å². The zero-order chi connectivity index (χ0) is 25.6. The number of aromatic nitrogens is 3. The van der Waals surface area contributed by atoms with Gasteiger partial charge in [-0.15, -0.1) is 4.68 Å². The Morgan fingerprint density at radius 2 is 1.35 bits per heavy atom. The molecule has 8 nitrogen and oxygen atoms in total. The molecule has 3 aromatic rings. The van der Waals surface area contributed by atoms with Crippen LogP contribution in [0.1, 0.15) is 37.7 Å². The van der Waals surface area contributed by atoms with Gasteiger partial charge in [-0.2, -0.15) is 26.3 Å². The van der Waals surface area contributed by atoms with E-state index in [0.29, 0.717) is 0 Å². The van der Waals surface area contributed by atoms with E-state index >= 15 is 0 Å². The summed E-state index contributed by atoms with van der Waals surface area (Å²) >= 11 is 0. The summed E-state index contributed by atoms with van der Waals surface area (Å²) in [6.07, 6.45) is -4.46. The summed E-state index contributed by atoms with van der Waals surface area (Å²) in [5.41, 5.74) is -5.52. The van der Waals surface area contributed by atoms with Crippen molar-refractivity contribution in [2.45, 2.75) is 11.7 Å². The number of alkyl halides is 6. The van der Waals surface area contributed by atoms with E-state index in [1.165, 1.54) is 28.5 Å². The highest BCUT2D eigenvalue weighted by Gasteiger charge is 2.42. The number of nitrogens with zero attached hydrogens (tertiary/aromatic N) is 3. The second-order valence-corrected chi connectivity index (χ2v) is 8.14. The van der Waals surface area contributed by atoms with E-state index in [0.717, 1.165) is 12.1 Å². The number of hydrogen-bond donors (Lipinski definition) is 0. The second kappa shape index (κ2) is 8.32. The Kier molecular flexibility index (Phi) is 6.13. The molecule has 0 radical (unpaired) electrons. The average Bonchev–Trinajstić information content (AvgIpc) is 3.08. The first kappa shape index (κ1) is 25.0. The number of aryl methyl sites for hydroxylation is 1. The number of ketones is 2. The van der Waals surface area contributed by atoms with E-state index in [9.17, 15) is 35.9 Å². The fraction of sp³-hybridized carbons (Fsp3) is 0.158. The van der Waals surface area contributed by atoms with Crippen LogP contribution in [0.25, 0.3) is 5.69 Å². The summed E-state index contributed by atoms with van der Waals surface area (Å²) in [5, 5.41) is 4.15. The van der Waals surface area contributed by atoms with E-state index in [-0.39, 0.29) is 34.0 Å². The minimum absolute atomic E-state index is 0.0379. The van der Waals surface area contributed by atoms with E-state index in [1.54, 1.807) is 24.3 Å². The average molecular weight is 507 g/mol. The molecule has 0 saturated heterocycles. The van der Waals surface area contributed by atoms with E-state index in [2.05, 4.69) is 5.21 Å². The van der Waals surface area contributed by atoms with Crippen LogP contribution >= 0.6 is 0 Å². The minimum atomic E-state index is -6.09. The Hall–Kier alpha value is -3.59. The molecule has 1 aliphatic rings. The molecule has 1 aliphatic carbocycles. The Balaban J connectivity index is 0.000000350. The summed E-state index contributed by atoms with van der Waals surface area (Å²) in [5.74, 6) is -0.751.